The van der Waals surface area contributed by atoms with E-state index in [1.54, 1.807) is 24.3 Å². The Morgan fingerprint density at radius 2 is 1.84 bits per heavy atom. The van der Waals surface area contributed by atoms with Gasteiger partial charge >= 0.3 is 0 Å². The van der Waals surface area contributed by atoms with Crippen LogP contribution in [0.2, 0.25) is 0 Å². The molecule has 3 aromatic carbocycles. The molecule has 0 bridgehead atoms. The maximum atomic E-state index is 12.6. The smallest absolute Gasteiger partial charge is 0.294 e. The van der Waals surface area contributed by atoms with Gasteiger partial charge < -0.3 is 4.74 Å². The largest absolute Gasteiger partial charge is 0.488 e. The molecule has 1 aliphatic rings. The molecule has 32 heavy (non-hydrogen) atoms. The Morgan fingerprint density at radius 3 is 2.56 bits per heavy atom. The van der Waals surface area contributed by atoms with E-state index in [2.05, 4.69) is 5.92 Å². The summed E-state index contributed by atoms with van der Waals surface area (Å²) in [4.78, 5) is 36.5. The van der Waals surface area contributed by atoms with Crippen LogP contribution in [0.4, 0.5) is 10.5 Å². The Labute approximate surface area is 187 Å². The Morgan fingerprint density at radius 1 is 1.09 bits per heavy atom. The van der Waals surface area contributed by atoms with Crippen molar-refractivity contribution < 1.29 is 19.2 Å². The molecule has 0 aromatic heterocycles. The number of rotatable bonds is 6. The molecule has 3 aromatic rings. The van der Waals surface area contributed by atoms with Crippen molar-refractivity contribution in [3.8, 4) is 18.1 Å². The number of nitro groups is 1. The SMILES string of the molecule is C#CCN1C(=O)SC(=Cc2c(OCc3ccc([N+](=O)[O-])cc3)ccc3ccccc23)C1=O. The quantitative estimate of drug-likeness (QED) is 0.230. The van der Waals surface area contributed by atoms with E-state index in [0.29, 0.717) is 11.3 Å². The second-order valence-electron chi connectivity index (χ2n) is 6.88. The monoisotopic (exact) mass is 444 g/mol. The number of nitrogens with zero attached hydrogens (tertiary/aromatic N) is 2. The van der Waals surface area contributed by atoms with Crippen LogP contribution in [0.25, 0.3) is 16.8 Å². The molecule has 1 heterocycles. The van der Waals surface area contributed by atoms with Crippen molar-refractivity contribution in [1.29, 1.82) is 0 Å². The molecule has 0 radical (unpaired) electrons. The molecule has 0 unspecified atom stereocenters. The molecule has 0 saturated carbocycles. The number of terminal acetylenes is 1. The number of thioether (sulfide) groups is 1. The fourth-order valence-corrected chi connectivity index (χ4v) is 4.10. The molecule has 0 spiro atoms. The van der Waals surface area contributed by atoms with Crippen LogP contribution in [0.15, 0.2) is 65.6 Å². The number of benzene rings is 3. The minimum Gasteiger partial charge on any atom is -0.488 e. The van der Waals surface area contributed by atoms with E-state index in [1.165, 1.54) is 12.1 Å². The average Bonchev–Trinajstić information content (AvgIpc) is 3.06. The van der Waals surface area contributed by atoms with Gasteiger partial charge in [0.1, 0.15) is 12.4 Å². The summed E-state index contributed by atoms with van der Waals surface area (Å²) in [5.74, 6) is 2.40. The van der Waals surface area contributed by atoms with Crippen molar-refractivity contribution in [3.05, 3.63) is 86.8 Å². The first-order valence-electron chi connectivity index (χ1n) is 9.54. The molecule has 2 amide bonds. The summed E-state index contributed by atoms with van der Waals surface area (Å²) in [5.41, 5.74) is 1.42. The first-order valence-corrected chi connectivity index (χ1v) is 10.4. The van der Waals surface area contributed by atoms with Gasteiger partial charge in [0, 0.05) is 17.7 Å². The number of non-ortho nitro benzene ring substituents is 1. The Bertz CT molecular complexity index is 1310. The van der Waals surface area contributed by atoms with Gasteiger partial charge in [-0.15, -0.1) is 6.42 Å². The molecule has 0 atom stereocenters. The number of ether oxygens (including phenoxy) is 1. The number of imide groups is 1. The molecule has 158 valence electrons. The highest BCUT2D eigenvalue weighted by atomic mass is 32.2. The van der Waals surface area contributed by atoms with E-state index in [0.717, 1.165) is 33.0 Å². The second-order valence-corrected chi connectivity index (χ2v) is 7.88. The maximum Gasteiger partial charge on any atom is 0.294 e. The summed E-state index contributed by atoms with van der Waals surface area (Å²) in [6.45, 7) is 0.0940. The third-order valence-electron chi connectivity index (χ3n) is 4.87. The third kappa shape index (κ3) is 4.19. The Hall–Kier alpha value is -4.09. The van der Waals surface area contributed by atoms with Crippen molar-refractivity contribution >= 4 is 45.4 Å². The zero-order valence-electron chi connectivity index (χ0n) is 16.7. The molecule has 0 aliphatic carbocycles. The summed E-state index contributed by atoms with van der Waals surface area (Å²) < 4.78 is 6.01. The number of carbonyl (C=O) groups excluding carboxylic acids is 2. The van der Waals surface area contributed by atoms with Crippen LogP contribution in [0.1, 0.15) is 11.1 Å². The lowest BCUT2D eigenvalue weighted by atomic mass is 10.0. The zero-order valence-corrected chi connectivity index (χ0v) is 17.5. The van der Waals surface area contributed by atoms with Crippen LogP contribution in [0.3, 0.4) is 0 Å². The highest BCUT2D eigenvalue weighted by Gasteiger charge is 2.34. The van der Waals surface area contributed by atoms with E-state index in [4.69, 9.17) is 11.2 Å². The first kappa shape index (κ1) is 21.2. The summed E-state index contributed by atoms with van der Waals surface area (Å²) in [6, 6.07) is 17.4. The van der Waals surface area contributed by atoms with E-state index < -0.39 is 16.1 Å². The topological polar surface area (TPSA) is 89.8 Å². The van der Waals surface area contributed by atoms with Gasteiger partial charge in [-0.05, 0) is 52.4 Å². The molecule has 4 rings (SSSR count). The molecular formula is C24H16N2O5S. The first-order chi connectivity index (χ1) is 15.5. The maximum absolute atomic E-state index is 12.6. The van der Waals surface area contributed by atoms with Crippen LogP contribution in [-0.2, 0) is 11.4 Å². The molecule has 0 N–H and O–H groups in total. The average molecular weight is 444 g/mol. The van der Waals surface area contributed by atoms with E-state index >= 15 is 0 Å². The van der Waals surface area contributed by atoms with Crippen molar-refractivity contribution in [1.82, 2.24) is 4.90 Å². The van der Waals surface area contributed by atoms with Crippen LogP contribution >= 0.6 is 11.8 Å². The number of carbonyl (C=O) groups is 2. The van der Waals surface area contributed by atoms with Crippen molar-refractivity contribution in [2.45, 2.75) is 6.61 Å². The second kappa shape index (κ2) is 8.96. The van der Waals surface area contributed by atoms with Gasteiger partial charge in [0.15, 0.2) is 0 Å². The van der Waals surface area contributed by atoms with Crippen LogP contribution < -0.4 is 4.74 Å². The van der Waals surface area contributed by atoms with Gasteiger partial charge in [-0.2, -0.15) is 0 Å². The zero-order chi connectivity index (χ0) is 22.7. The number of fused-ring (bicyclic) bond motifs is 1. The highest BCUT2D eigenvalue weighted by Crippen LogP contribution is 2.37. The van der Waals surface area contributed by atoms with Gasteiger partial charge in [0.25, 0.3) is 16.8 Å². The van der Waals surface area contributed by atoms with Crippen LogP contribution in [-0.4, -0.2) is 27.5 Å². The standard InChI is InChI=1S/C24H16N2O5S/c1-2-13-25-23(27)22(32-24(25)28)14-20-19-6-4-3-5-17(19)9-12-21(20)31-15-16-7-10-18(11-8-16)26(29)30/h1,3-12,14H,13,15H2. The molecule has 1 aliphatic heterocycles. The Balaban J connectivity index is 1.69. The lowest BCUT2D eigenvalue weighted by Crippen LogP contribution is -2.28. The highest BCUT2D eigenvalue weighted by molar-refractivity contribution is 8.18. The van der Waals surface area contributed by atoms with Crippen LogP contribution in [0.5, 0.6) is 5.75 Å². The number of hydrogen-bond donors (Lipinski definition) is 0. The lowest BCUT2D eigenvalue weighted by Gasteiger charge is -2.13. The van der Waals surface area contributed by atoms with Crippen LogP contribution in [0, 0.1) is 22.5 Å². The molecule has 7 nitrogen and oxygen atoms in total. The van der Waals surface area contributed by atoms with E-state index in [-0.39, 0.29) is 23.7 Å². The minimum absolute atomic E-state index is 0.00263. The van der Waals surface area contributed by atoms with Gasteiger partial charge in [-0.25, -0.2) is 0 Å². The third-order valence-corrected chi connectivity index (χ3v) is 5.78. The normalized spacial score (nSPS) is 14.7. The van der Waals surface area contributed by atoms with E-state index in [9.17, 15) is 19.7 Å². The summed E-state index contributed by atoms with van der Waals surface area (Å²) >= 11 is 0.836. The van der Waals surface area contributed by atoms with Gasteiger partial charge in [0.05, 0.1) is 16.4 Å². The molecule has 1 saturated heterocycles. The fourth-order valence-electron chi connectivity index (χ4n) is 3.28. The molecule has 8 heteroatoms. The lowest BCUT2D eigenvalue weighted by molar-refractivity contribution is -0.384. The fraction of sp³-hybridized carbons (Fsp3) is 0.0833. The summed E-state index contributed by atoms with van der Waals surface area (Å²) in [6.07, 6.45) is 6.92. The van der Waals surface area contributed by atoms with Crippen molar-refractivity contribution in [3.63, 3.8) is 0 Å². The number of hydrogen-bond acceptors (Lipinski definition) is 6. The number of amides is 2. The van der Waals surface area contributed by atoms with Crippen molar-refractivity contribution in [2.24, 2.45) is 0 Å². The predicted octanol–water partition coefficient (Wildman–Crippen LogP) is 5.00. The van der Waals surface area contributed by atoms with Gasteiger partial charge in [-0.1, -0.05) is 36.3 Å². The minimum atomic E-state index is -0.459. The van der Waals surface area contributed by atoms with Crippen molar-refractivity contribution in [2.75, 3.05) is 6.54 Å². The van der Waals surface area contributed by atoms with Gasteiger partial charge in [-0.3, -0.25) is 24.6 Å². The summed E-state index contributed by atoms with van der Waals surface area (Å²) in [5, 5.41) is 12.2. The summed E-state index contributed by atoms with van der Waals surface area (Å²) in [7, 11) is 0. The predicted molar refractivity (Wildman–Crippen MR) is 123 cm³/mol. The van der Waals surface area contributed by atoms with Gasteiger partial charge in [0.2, 0.25) is 0 Å². The molecule has 1 fully saturated rings. The Kier molecular flexibility index (Phi) is 5.92. The van der Waals surface area contributed by atoms with E-state index in [1.807, 2.05) is 30.3 Å². The number of nitro benzene ring substituents is 1. The molecular weight excluding hydrogens is 428 g/mol.